The van der Waals surface area contributed by atoms with Crippen molar-refractivity contribution in [3.8, 4) is 0 Å². The molecule has 1 fully saturated rings. The number of benzene rings is 1. The van der Waals surface area contributed by atoms with E-state index in [0.29, 0.717) is 0 Å². The minimum absolute atomic E-state index is 0. The Hall–Kier alpha value is -0.140. The van der Waals surface area contributed by atoms with Crippen LogP contribution in [0.3, 0.4) is 0 Å². The van der Waals surface area contributed by atoms with Crippen molar-refractivity contribution in [2.45, 2.75) is 32.4 Å². The van der Waals surface area contributed by atoms with E-state index in [9.17, 15) is 0 Å². The van der Waals surface area contributed by atoms with Crippen molar-refractivity contribution in [2.75, 3.05) is 0 Å². The van der Waals surface area contributed by atoms with Crippen LogP contribution < -0.4 is 24.8 Å². The second kappa shape index (κ2) is 15.1. The summed E-state index contributed by atoms with van der Waals surface area (Å²) < 4.78 is 0. The molecule has 4 rings (SSSR count). The Balaban J connectivity index is 0. The largest absolute Gasteiger partial charge is 4.00 e. The third-order valence-electron chi connectivity index (χ3n) is 3.76. The molecule has 0 heterocycles. The molecule has 0 amide bonds. The number of hydrogen-bond donors (Lipinski definition) is 0. The van der Waals surface area contributed by atoms with Crippen molar-refractivity contribution in [2.24, 2.45) is 5.92 Å². The van der Waals surface area contributed by atoms with Gasteiger partial charge in [0.15, 0.2) is 0 Å². The van der Waals surface area contributed by atoms with Gasteiger partial charge >= 0.3 is 26.2 Å². The molecule has 0 spiro atoms. The van der Waals surface area contributed by atoms with Gasteiger partial charge in [0.1, 0.15) is 0 Å². The van der Waals surface area contributed by atoms with Crippen molar-refractivity contribution in [3.05, 3.63) is 72.7 Å². The second-order valence-electron chi connectivity index (χ2n) is 5.54. The monoisotopic (exact) mass is 453 g/mol. The Morgan fingerprint density at radius 2 is 1.79 bits per heavy atom. The van der Waals surface area contributed by atoms with Crippen LogP contribution in [0.2, 0.25) is 13.1 Å². The number of rotatable bonds is 0. The van der Waals surface area contributed by atoms with Gasteiger partial charge in [0.25, 0.3) is 0 Å². The van der Waals surface area contributed by atoms with E-state index in [-0.39, 0.29) is 51.0 Å². The zero-order valence-corrected chi connectivity index (χ0v) is 19.5. The average Bonchev–Trinajstić information content (AvgIpc) is 3.17. The molecular weight excluding hydrogens is 430 g/mol. The van der Waals surface area contributed by atoms with E-state index in [1.807, 2.05) is 0 Å². The summed E-state index contributed by atoms with van der Waals surface area (Å²) in [5, 5.41) is 2.66. The Kier molecular flexibility index (Phi) is 16.5. The van der Waals surface area contributed by atoms with Crippen molar-refractivity contribution in [1.29, 1.82) is 0 Å². The molecule has 0 aliphatic heterocycles. The molecule has 127 valence electrons. The zero-order valence-electron chi connectivity index (χ0n) is 14.4. The van der Waals surface area contributed by atoms with E-state index in [1.54, 1.807) is 5.57 Å². The smallest absolute Gasteiger partial charge is 1.00 e. The van der Waals surface area contributed by atoms with Gasteiger partial charge in [-0.05, 0) is 12.3 Å². The van der Waals surface area contributed by atoms with Crippen molar-refractivity contribution >= 4 is 20.3 Å². The first-order chi connectivity index (χ1) is 10.3. The topological polar surface area (TPSA) is 0 Å². The van der Waals surface area contributed by atoms with Crippen LogP contribution in [0.1, 0.15) is 19.3 Å². The summed E-state index contributed by atoms with van der Waals surface area (Å²) in [5.74, 6) is 0.884. The van der Waals surface area contributed by atoms with E-state index < -0.39 is 0 Å². The van der Waals surface area contributed by atoms with Crippen LogP contribution >= 0.6 is 0 Å². The van der Waals surface area contributed by atoms with Gasteiger partial charge in [-0.2, -0.15) is 17.5 Å². The van der Waals surface area contributed by atoms with Crippen molar-refractivity contribution in [3.63, 3.8) is 0 Å². The normalized spacial score (nSPS) is 16.2. The van der Waals surface area contributed by atoms with E-state index in [4.69, 9.17) is 0 Å². The minimum Gasteiger partial charge on any atom is -1.00 e. The van der Waals surface area contributed by atoms with Crippen LogP contribution in [-0.4, -0.2) is 9.52 Å². The molecule has 2 aromatic carbocycles. The second-order valence-corrected chi connectivity index (χ2v) is 6.70. The SMILES string of the molecule is C1=CCC2CC[CH-]C2=C1.C[SiH]C.[Cl-].[Cl-].[Zr+4].c1ccc2[cH-]ccc2c1. The Bertz CT molecular complexity index is 574. The Labute approximate surface area is 181 Å². The molecule has 24 heavy (non-hydrogen) atoms. The molecule has 2 aliphatic carbocycles. The summed E-state index contributed by atoms with van der Waals surface area (Å²) in [7, 11) is 0.750. The van der Waals surface area contributed by atoms with Gasteiger partial charge in [-0.25, -0.2) is 18.1 Å². The first-order valence-corrected chi connectivity index (χ1v) is 10.2. The van der Waals surface area contributed by atoms with Crippen LogP contribution in [0.25, 0.3) is 10.8 Å². The van der Waals surface area contributed by atoms with Crippen molar-refractivity contribution in [1.82, 2.24) is 0 Å². The van der Waals surface area contributed by atoms with Crippen molar-refractivity contribution < 1.29 is 51.0 Å². The van der Waals surface area contributed by atoms with Gasteiger partial charge in [-0.1, -0.05) is 25.6 Å². The molecule has 0 N–H and O–H groups in total. The maximum absolute atomic E-state index is 2.37. The number of hydrogen-bond acceptors (Lipinski definition) is 0. The molecule has 1 saturated carbocycles. The van der Waals surface area contributed by atoms with Gasteiger partial charge < -0.3 is 24.8 Å². The molecule has 0 bridgehead atoms. The van der Waals surface area contributed by atoms with Gasteiger partial charge in [-0.3, -0.25) is 0 Å². The summed E-state index contributed by atoms with van der Waals surface area (Å²) in [4.78, 5) is 0. The summed E-state index contributed by atoms with van der Waals surface area (Å²) >= 11 is 0. The first kappa shape index (κ1) is 26.1. The third-order valence-corrected chi connectivity index (χ3v) is 3.76. The van der Waals surface area contributed by atoms with Gasteiger partial charge in [-0.15, -0.1) is 48.2 Å². The summed E-state index contributed by atoms with van der Waals surface area (Å²) in [6, 6.07) is 14.7. The number of allylic oxidation sites excluding steroid dienone is 4. The average molecular weight is 456 g/mol. The van der Waals surface area contributed by atoms with Crippen LogP contribution in [0, 0.1) is 12.3 Å². The van der Waals surface area contributed by atoms with E-state index in [0.717, 1.165) is 15.4 Å². The van der Waals surface area contributed by atoms with E-state index in [2.05, 4.69) is 80.2 Å². The van der Waals surface area contributed by atoms with Crippen LogP contribution in [0.4, 0.5) is 0 Å². The molecule has 4 heteroatoms. The molecule has 2 aliphatic rings. The molecule has 1 unspecified atom stereocenters. The summed E-state index contributed by atoms with van der Waals surface area (Å²) in [6.07, 6.45) is 13.0. The molecule has 0 aromatic heterocycles. The van der Waals surface area contributed by atoms with Gasteiger partial charge in [0, 0.05) is 9.52 Å². The fourth-order valence-corrected chi connectivity index (χ4v) is 2.73. The number of halogens is 2. The predicted molar refractivity (Wildman–Crippen MR) is 97.3 cm³/mol. The molecule has 0 saturated heterocycles. The van der Waals surface area contributed by atoms with E-state index >= 15 is 0 Å². The fraction of sp³-hybridized carbons (Fsp3) is 0.300. The molecule has 2 aromatic rings. The maximum atomic E-state index is 2.37. The van der Waals surface area contributed by atoms with Crippen LogP contribution in [-0.2, 0) is 26.2 Å². The van der Waals surface area contributed by atoms with Crippen LogP contribution in [0.5, 0.6) is 0 Å². The maximum Gasteiger partial charge on any atom is 4.00 e. The van der Waals surface area contributed by atoms with Gasteiger partial charge in [0.05, 0.1) is 0 Å². The molecule has 1 radical (unpaired) electrons. The molecule has 1 atom stereocenters. The Morgan fingerprint density at radius 1 is 1.08 bits per heavy atom. The third kappa shape index (κ3) is 8.30. The standard InChI is InChI=1S/C9H11.C9H7.C2H7Si.2ClH.Zr/c2*1-2-5-9-7-3-6-8(9)4-1;1-3-2;;;/h1-2,4,6,9H,3,5,7H2;1-7H;3H,1-2H3;2*1H;/q2*-1;;;;+4/p-2. The Morgan fingerprint density at radius 3 is 2.46 bits per heavy atom. The minimum atomic E-state index is 0. The predicted octanol–water partition coefficient (Wildman–Crippen LogP) is -0.430. The fourth-order valence-electron chi connectivity index (χ4n) is 2.73. The van der Waals surface area contributed by atoms with E-state index in [1.165, 1.54) is 30.0 Å². The molecule has 0 nitrogen and oxygen atoms in total. The summed E-state index contributed by atoms with van der Waals surface area (Å²) in [5.41, 5.74) is 1.58. The first-order valence-electron chi connectivity index (χ1n) is 7.89. The van der Waals surface area contributed by atoms with Crippen LogP contribution in [0.15, 0.2) is 66.3 Å². The number of fused-ring (bicyclic) bond motifs is 2. The summed E-state index contributed by atoms with van der Waals surface area (Å²) in [6.45, 7) is 4.42. The zero-order chi connectivity index (χ0) is 14.9. The van der Waals surface area contributed by atoms with Gasteiger partial charge in [0.2, 0.25) is 0 Å². The molecular formula is C20H25Cl2SiZr. The quantitative estimate of drug-likeness (QED) is 0.374.